The number of fused-ring (bicyclic) bond motifs is 12. The Morgan fingerprint density at radius 3 is 2.50 bits per heavy atom. The first kappa shape index (κ1) is 11.6. The van der Waals surface area contributed by atoms with Gasteiger partial charge in [-0.25, -0.2) is 0 Å². The molecular formula is C11H8Cl5NO. The van der Waals surface area contributed by atoms with E-state index in [0.717, 1.165) is 6.42 Å². The lowest BCUT2D eigenvalue weighted by atomic mass is 9.77. The van der Waals surface area contributed by atoms with Crippen LogP contribution in [0.1, 0.15) is 6.42 Å². The molecule has 0 aromatic rings. The van der Waals surface area contributed by atoms with E-state index in [-0.39, 0.29) is 12.0 Å². The van der Waals surface area contributed by atoms with Gasteiger partial charge >= 0.3 is 0 Å². The van der Waals surface area contributed by atoms with Crippen LogP contribution in [0.3, 0.4) is 0 Å². The second-order valence-electron chi connectivity index (χ2n) is 5.87. The Balaban J connectivity index is 1.75. The second kappa shape index (κ2) is 2.93. The van der Waals surface area contributed by atoms with Gasteiger partial charge in [0, 0.05) is 17.9 Å². The van der Waals surface area contributed by atoms with Crippen LogP contribution in [0.25, 0.3) is 0 Å². The van der Waals surface area contributed by atoms with Gasteiger partial charge in [0.2, 0.25) is 4.46 Å². The molecule has 3 heterocycles. The lowest BCUT2D eigenvalue weighted by Crippen LogP contribution is -2.45. The maximum Gasteiger partial charge on any atom is 0.216 e. The number of ether oxygens (including phenoxy) is 1. The lowest BCUT2D eigenvalue weighted by Gasteiger charge is -2.35. The number of epoxide rings is 1. The van der Waals surface area contributed by atoms with Crippen molar-refractivity contribution in [2.24, 2.45) is 17.8 Å². The van der Waals surface area contributed by atoms with Crippen molar-refractivity contribution in [3.05, 3.63) is 10.2 Å². The molecule has 2 nitrogen and oxygen atoms in total. The molecule has 0 radical (unpaired) electrons. The summed E-state index contributed by atoms with van der Waals surface area (Å²) in [7, 11) is 0. The Morgan fingerprint density at radius 2 is 1.78 bits per heavy atom. The van der Waals surface area contributed by atoms with Gasteiger partial charge in [0.1, 0.15) is 10.0 Å². The van der Waals surface area contributed by atoms with Crippen LogP contribution in [-0.4, -0.2) is 32.5 Å². The van der Waals surface area contributed by atoms with Crippen LogP contribution in [0, 0.1) is 17.8 Å². The van der Waals surface area contributed by atoms with Crippen LogP contribution in [0.2, 0.25) is 0 Å². The zero-order chi connectivity index (χ0) is 12.6. The molecule has 0 spiro atoms. The fourth-order valence-electron chi connectivity index (χ4n) is 4.85. The number of nitrogens with zero attached hydrogens (tertiary/aromatic N) is 1. The minimum atomic E-state index is -1.24. The van der Waals surface area contributed by atoms with Gasteiger partial charge in [-0.05, 0) is 12.3 Å². The normalized spacial score (nSPS) is 61.5. The molecule has 0 unspecified atom stereocenters. The topological polar surface area (TPSA) is 15.8 Å². The summed E-state index contributed by atoms with van der Waals surface area (Å²) in [4.78, 5) is 0.829. The van der Waals surface area contributed by atoms with Crippen molar-refractivity contribution >= 4 is 58.0 Å². The Hall–Kier alpha value is 0.950. The molecule has 2 saturated carbocycles. The van der Waals surface area contributed by atoms with E-state index in [9.17, 15) is 0 Å². The highest BCUT2D eigenvalue weighted by atomic mass is 35.5. The highest BCUT2D eigenvalue weighted by Crippen LogP contribution is 2.76. The van der Waals surface area contributed by atoms with Crippen LogP contribution in [0.15, 0.2) is 10.2 Å². The molecule has 7 heteroatoms. The third-order valence-electron chi connectivity index (χ3n) is 5.43. The standard InChI is InChI=1S/C11H8Cl5NO/c12-8-9(13)17-5-3-1-2(6-7(3)18-6)4(5)10(8,14)11(17,15)16/h2-7H,1H2/t2-,3+,4+,5-,6+,7-,10-/m1/s1. The monoisotopic (exact) mass is 345 g/mol. The first-order valence-corrected chi connectivity index (χ1v) is 7.87. The van der Waals surface area contributed by atoms with Crippen molar-refractivity contribution in [3.63, 3.8) is 0 Å². The van der Waals surface area contributed by atoms with E-state index in [1.54, 1.807) is 0 Å². The lowest BCUT2D eigenvalue weighted by molar-refractivity contribution is 0.195. The molecular weight excluding hydrogens is 339 g/mol. The van der Waals surface area contributed by atoms with Gasteiger partial charge in [0.05, 0.1) is 17.2 Å². The Morgan fingerprint density at radius 1 is 1.11 bits per heavy atom. The molecule has 2 saturated heterocycles. The molecule has 4 fully saturated rings. The maximum absolute atomic E-state index is 6.78. The number of hydrogen-bond acceptors (Lipinski definition) is 2. The zero-order valence-electron chi connectivity index (χ0n) is 8.92. The molecule has 0 aromatic carbocycles. The number of hydrogen-bond donors (Lipinski definition) is 0. The summed E-state index contributed by atoms with van der Waals surface area (Å²) in [6.07, 6.45) is 1.80. The summed E-state index contributed by atoms with van der Waals surface area (Å²) in [5, 5.41) is 0.796. The summed E-state index contributed by atoms with van der Waals surface area (Å²) < 4.78 is 4.46. The quantitative estimate of drug-likeness (QED) is 0.379. The molecule has 98 valence electrons. The van der Waals surface area contributed by atoms with E-state index in [0.29, 0.717) is 34.2 Å². The van der Waals surface area contributed by atoms with Crippen molar-refractivity contribution in [2.45, 2.75) is 34.0 Å². The van der Waals surface area contributed by atoms with Crippen molar-refractivity contribution in [1.82, 2.24) is 4.90 Å². The van der Waals surface area contributed by atoms with Crippen LogP contribution in [0.5, 0.6) is 0 Å². The average molecular weight is 347 g/mol. The first-order chi connectivity index (χ1) is 8.40. The van der Waals surface area contributed by atoms with E-state index < -0.39 is 9.33 Å². The van der Waals surface area contributed by atoms with Crippen LogP contribution in [-0.2, 0) is 4.74 Å². The molecule has 18 heavy (non-hydrogen) atoms. The molecule has 0 amide bonds. The van der Waals surface area contributed by atoms with Crippen molar-refractivity contribution in [2.75, 3.05) is 0 Å². The maximum atomic E-state index is 6.78. The Labute approximate surface area is 129 Å². The van der Waals surface area contributed by atoms with Gasteiger partial charge < -0.3 is 9.64 Å². The molecule has 7 atom stereocenters. The minimum absolute atomic E-state index is 0.137. The predicted molar refractivity (Wildman–Crippen MR) is 71.1 cm³/mol. The third-order valence-corrected chi connectivity index (χ3v) is 8.34. The van der Waals surface area contributed by atoms with E-state index in [1.807, 2.05) is 4.90 Å². The molecule has 4 bridgehead atoms. The van der Waals surface area contributed by atoms with Gasteiger partial charge in [-0.2, -0.15) is 0 Å². The van der Waals surface area contributed by atoms with Crippen LogP contribution < -0.4 is 0 Å². The molecule has 3 aliphatic heterocycles. The van der Waals surface area contributed by atoms with Crippen molar-refractivity contribution in [3.8, 4) is 0 Å². The molecule has 5 rings (SSSR count). The summed E-state index contributed by atoms with van der Waals surface area (Å²) in [6, 6.07) is 0.168. The zero-order valence-corrected chi connectivity index (χ0v) is 12.7. The second-order valence-corrected chi connectivity index (χ2v) is 8.49. The van der Waals surface area contributed by atoms with Gasteiger partial charge in [-0.1, -0.05) is 46.4 Å². The largest absolute Gasteiger partial charge is 0.369 e. The van der Waals surface area contributed by atoms with Gasteiger partial charge in [-0.3, -0.25) is 0 Å². The molecule has 5 aliphatic rings. The summed E-state index contributed by atoms with van der Waals surface area (Å²) in [5.41, 5.74) is 0. The van der Waals surface area contributed by atoms with E-state index >= 15 is 0 Å². The van der Waals surface area contributed by atoms with Gasteiger partial charge in [0.15, 0.2) is 0 Å². The van der Waals surface area contributed by atoms with E-state index in [4.69, 9.17) is 62.7 Å². The Kier molecular flexibility index (Phi) is 1.89. The molecule has 0 aromatic heterocycles. The number of halogens is 5. The smallest absolute Gasteiger partial charge is 0.216 e. The summed E-state index contributed by atoms with van der Waals surface area (Å²) in [6.45, 7) is 0. The highest BCUT2D eigenvalue weighted by molar-refractivity contribution is 6.59. The van der Waals surface area contributed by atoms with Gasteiger partial charge in [-0.15, -0.1) is 11.6 Å². The molecule has 2 aliphatic carbocycles. The average Bonchev–Trinajstić information content (AvgIpc) is 2.83. The Bertz CT molecular complexity index is 522. The third kappa shape index (κ3) is 0.881. The predicted octanol–water partition coefficient (Wildman–Crippen LogP) is 3.47. The van der Waals surface area contributed by atoms with E-state index in [1.165, 1.54) is 0 Å². The van der Waals surface area contributed by atoms with Crippen LogP contribution in [0.4, 0.5) is 0 Å². The fraction of sp³-hybridized carbons (Fsp3) is 0.818. The SMILES string of the molecule is ClC1=C(Cl)[C@]2(Cl)[C@H]3[C@H]4C[C@H]([C@H]5O[C@@H]45)[C@H]3N1C2(Cl)Cl. The van der Waals surface area contributed by atoms with E-state index in [2.05, 4.69) is 0 Å². The van der Waals surface area contributed by atoms with Crippen molar-refractivity contribution in [1.29, 1.82) is 0 Å². The highest BCUT2D eigenvalue weighted by Gasteiger charge is 2.83. The summed E-state index contributed by atoms with van der Waals surface area (Å²) in [5.74, 6) is 0.974. The fourth-order valence-corrected chi connectivity index (χ4v) is 7.13. The van der Waals surface area contributed by atoms with Gasteiger partial charge in [0.25, 0.3) is 0 Å². The van der Waals surface area contributed by atoms with Crippen molar-refractivity contribution < 1.29 is 4.74 Å². The number of alkyl halides is 3. The molecule has 0 N–H and O–H groups in total. The summed E-state index contributed by atoms with van der Waals surface area (Å²) >= 11 is 32.4. The van der Waals surface area contributed by atoms with Crippen LogP contribution >= 0.6 is 58.0 Å². The number of rotatable bonds is 0. The minimum Gasteiger partial charge on any atom is -0.369 e. The first-order valence-electron chi connectivity index (χ1n) is 5.98.